The molecule has 2 rings (SSSR count). The second-order valence-corrected chi connectivity index (χ2v) is 3.42. The molecule has 0 bridgehead atoms. The van der Waals surface area contributed by atoms with E-state index in [1.54, 1.807) is 0 Å². The van der Waals surface area contributed by atoms with Crippen molar-refractivity contribution >= 4 is 34.1 Å². The minimum Gasteiger partial charge on any atom is -0.299 e. The zero-order valence-electron chi connectivity index (χ0n) is 8.57. The maximum Gasteiger partial charge on any atom is 0.0360 e. The van der Waals surface area contributed by atoms with Crippen LogP contribution in [0.4, 0.5) is 0 Å². The summed E-state index contributed by atoms with van der Waals surface area (Å²) in [5, 5.41) is 0. The van der Waals surface area contributed by atoms with Gasteiger partial charge in [0.05, 0.1) is 0 Å². The Labute approximate surface area is 107 Å². The molecule has 0 spiro atoms. The molecule has 0 radical (unpaired) electrons. The first-order chi connectivity index (χ1) is 6.88. The fraction of sp³-hybridized carbons (Fsp3) is 0.500. The summed E-state index contributed by atoms with van der Waals surface area (Å²) in [7, 11) is 10.4. The molecular weight excluding hydrogens is 254 g/mol. The summed E-state index contributed by atoms with van der Waals surface area (Å²) < 4.78 is 0. The van der Waals surface area contributed by atoms with Crippen LogP contribution in [0, 0.1) is 0 Å². The van der Waals surface area contributed by atoms with Crippen molar-refractivity contribution in [3.05, 3.63) is 30.1 Å². The van der Waals surface area contributed by atoms with E-state index in [4.69, 9.17) is 0 Å². The van der Waals surface area contributed by atoms with E-state index in [0.717, 1.165) is 0 Å². The first kappa shape index (κ1) is 15.0. The van der Waals surface area contributed by atoms with E-state index in [0.29, 0.717) is 6.04 Å². The summed E-state index contributed by atoms with van der Waals surface area (Å²) in [6.45, 7) is 1.22. The maximum absolute atomic E-state index is 4.14. The van der Waals surface area contributed by atoms with E-state index < -0.39 is 0 Å². The number of likely N-dealkylation sites (tertiary alicyclic amines) is 1. The summed E-state index contributed by atoms with van der Waals surface area (Å²) in [6, 6.07) is 4.79. The summed E-state index contributed by atoms with van der Waals surface area (Å²) in [6.07, 6.45) is 6.41. The molecule has 1 aromatic rings. The van der Waals surface area contributed by atoms with Gasteiger partial charge in [-0.15, -0.1) is 12.4 Å². The Morgan fingerprint density at radius 2 is 2.20 bits per heavy atom. The van der Waals surface area contributed by atoms with Gasteiger partial charge in [0, 0.05) is 40.1 Å². The smallest absolute Gasteiger partial charge is 0.0360 e. The molecule has 86 valence electrons. The van der Waals surface area contributed by atoms with Crippen LogP contribution in [0.1, 0.15) is 24.4 Å². The minimum atomic E-state index is 0. The molecule has 2 nitrogen and oxygen atoms in total. The van der Waals surface area contributed by atoms with Gasteiger partial charge in [0.1, 0.15) is 0 Å². The SMILES string of the molecule is CN1CCCC1c1cccnc1.Cl.ClCl. The first-order valence-electron chi connectivity index (χ1n) is 4.62. The molecular formula is C10H15Cl3N2. The Hall–Kier alpha value is -0.0200. The molecule has 1 aliphatic rings. The highest BCUT2D eigenvalue weighted by Gasteiger charge is 2.21. The van der Waals surface area contributed by atoms with Gasteiger partial charge < -0.3 is 0 Å². The monoisotopic (exact) mass is 268 g/mol. The Kier molecular flexibility index (Phi) is 8.16. The first-order valence-corrected chi connectivity index (χ1v) is 5.76. The fourth-order valence-corrected chi connectivity index (χ4v) is 1.90. The predicted molar refractivity (Wildman–Crippen MR) is 67.8 cm³/mol. The number of hydrogen-bond donors (Lipinski definition) is 0. The highest BCUT2D eigenvalue weighted by atomic mass is 36.5. The van der Waals surface area contributed by atoms with Crippen molar-refractivity contribution in [2.24, 2.45) is 0 Å². The quantitative estimate of drug-likeness (QED) is 0.774. The molecule has 1 saturated heterocycles. The third-order valence-corrected chi connectivity index (χ3v) is 2.59. The molecule has 1 fully saturated rings. The average Bonchev–Trinajstić information content (AvgIpc) is 2.69. The number of nitrogens with zero attached hydrogens (tertiary/aromatic N) is 2. The van der Waals surface area contributed by atoms with Gasteiger partial charge in [0.25, 0.3) is 0 Å². The van der Waals surface area contributed by atoms with Crippen LogP contribution >= 0.6 is 34.1 Å². The molecule has 1 unspecified atom stereocenters. The van der Waals surface area contributed by atoms with Crippen LogP contribution in [0.2, 0.25) is 0 Å². The zero-order valence-corrected chi connectivity index (χ0v) is 10.9. The minimum absolute atomic E-state index is 0. The molecule has 0 amide bonds. The van der Waals surface area contributed by atoms with Crippen molar-refractivity contribution in [2.45, 2.75) is 18.9 Å². The second kappa shape index (κ2) is 8.17. The van der Waals surface area contributed by atoms with Gasteiger partial charge in [-0.25, -0.2) is 0 Å². The highest BCUT2D eigenvalue weighted by Crippen LogP contribution is 2.29. The lowest BCUT2D eigenvalue weighted by molar-refractivity contribution is 0.317. The van der Waals surface area contributed by atoms with Crippen molar-refractivity contribution in [2.75, 3.05) is 13.6 Å². The van der Waals surface area contributed by atoms with E-state index >= 15 is 0 Å². The Bertz CT molecular complexity index is 256. The van der Waals surface area contributed by atoms with Crippen molar-refractivity contribution in [3.8, 4) is 0 Å². The largest absolute Gasteiger partial charge is 0.299 e. The Morgan fingerprint density at radius 1 is 1.47 bits per heavy atom. The number of aromatic nitrogens is 1. The van der Waals surface area contributed by atoms with Crippen LogP contribution in [-0.2, 0) is 0 Å². The fourth-order valence-electron chi connectivity index (χ4n) is 1.90. The van der Waals surface area contributed by atoms with Gasteiger partial charge in [-0.1, -0.05) is 6.07 Å². The van der Waals surface area contributed by atoms with E-state index in [9.17, 15) is 0 Å². The lowest BCUT2D eigenvalue weighted by atomic mass is 10.1. The second-order valence-electron chi connectivity index (χ2n) is 3.42. The molecule has 1 atom stereocenters. The molecule has 0 aromatic carbocycles. The van der Waals surface area contributed by atoms with Crippen LogP contribution in [0.25, 0.3) is 0 Å². The summed E-state index contributed by atoms with van der Waals surface area (Å²) >= 11 is 0. The molecule has 0 saturated carbocycles. The molecule has 0 N–H and O–H groups in total. The third kappa shape index (κ3) is 4.15. The zero-order chi connectivity index (χ0) is 10.4. The van der Waals surface area contributed by atoms with Crippen molar-refractivity contribution in [1.82, 2.24) is 9.88 Å². The van der Waals surface area contributed by atoms with Crippen molar-refractivity contribution in [3.63, 3.8) is 0 Å². The molecule has 2 heterocycles. The van der Waals surface area contributed by atoms with E-state index in [1.165, 1.54) is 24.9 Å². The Morgan fingerprint density at radius 3 is 2.67 bits per heavy atom. The predicted octanol–water partition coefficient (Wildman–Crippen LogP) is 3.65. The average molecular weight is 270 g/mol. The van der Waals surface area contributed by atoms with Gasteiger partial charge in [-0.2, -0.15) is 0 Å². The van der Waals surface area contributed by atoms with Gasteiger partial charge in [0.15, 0.2) is 0 Å². The number of pyridine rings is 1. The van der Waals surface area contributed by atoms with Crippen LogP contribution < -0.4 is 0 Å². The normalized spacial score (nSPS) is 20.1. The van der Waals surface area contributed by atoms with Crippen LogP contribution in [-0.4, -0.2) is 23.5 Å². The summed E-state index contributed by atoms with van der Waals surface area (Å²) in [5.41, 5.74) is 1.36. The molecule has 1 aromatic heterocycles. The standard InChI is InChI=1S/C10H14N2.Cl2.ClH/c1-12-7-3-5-10(12)9-4-2-6-11-8-9;1-2;/h2,4,6,8,10H,3,5,7H2,1H3;;1H. The van der Waals surface area contributed by atoms with Crippen LogP contribution in [0.3, 0.4) is 0 Å². The summed E-state index contributed by atoms with van der Waals surface area (Å²) in [5.74, 6) is 0. The van der Waals surface area contributed by atoms with Crippen LogP contribution in [0.5, 0.6) is 0 Å². The molecule has 15 heavy (non-hydrogen) atoms. The lowest BCUT2D eigenvalue weighted by Gasteiger charge is -2.18. The Balaban J connectivity index is 0.000000617. The maximum atomic E-state index is 4.14. The van der Waals surface area contributed by atoms with Crippen molar-refractivity contribution in [1.29, 1.82) is 0 Å². The number of hydrogen-bond acceptors (Lipinski definition) is 2. The van der Waals surface area contributed by atoms with E-state index in [2.05, 4.69) is 44.7 Å². The summed E-state index contributed by atoms with van der Waals surface area (Å²) in [4.78, 5) is 6.54. The number of halogens is 3. The highest BCUT2D eigenvalue weighted by molar-refractivity contribution is 6.85. The van der Waals surface area contributed by atoms with Crippen LogP contribution in [0.15, 0.2) is 24.5 Å². The topological polar surface area (TPSA) is 16.1 Å². The van der Waals surface area contributed by atoms with Gasteiger partial charge in [0.2, 0.25) is 0 Å². The van der Waals surface area contributed by atoms with Crippen molar-refractivity contribution < 1.29 is 0 Å². The molecule has 0 aliphatic carbocycles. The van der Waals surface area contributed by atoms with Gasteiger partial charge in [-0.05, 0) is 38.1 Å². The number of rotatable bonds is 1. The molecule has 1 aliphatic heterocycles. The lowest BCUT2D eigenvalue weighted by Crippen LogP contribution is -2.17. The third-order valence-electron chi connectivity index (χ3n) is 2.59. The van der Waals surface area contributed by atoms with E-state index in [-0.39, 0.29) is 12.4 Å². The van der Waals surface area contributed by atoms with Gasteiger partial charge in [-0.3, -0.25) is 9.88 Å². The van der Waals surface area contributed by atoms with E-state index in [1.807, 2.05) is 18.5 Å². The van der Waals surface area contributed by atoms with Gasteiger partial charge >= 0.3 is 0 Å². The molecule has 5 heteroatoms.